The monoisotopic (exact) mass is 330 g/mol. The molecule has 0 aliphatic rings. The highest BCUT2D eigenvalue weighted by atomic mass is 16.1. The van der Waals surface area contributed by atoms with Gasteiger partial charge in [-0.25, -0.2) is 4.68 Å². The second-order valence-electron chi connectivity index (χ2n) is 5.51. The predicted octanol–water partition coefficient (Wildman–Crippen LogP) is 2.52. The number of hydrogen-bond acceptors (Lipinski definition) is 5. The van der Waals surface area contributed by atoms with Crippen molar-refractivity contribution in [2.75, 3.05) is 5.32 Å². The van der Waals surface area contributed by atoms with E-state index in [0.717, 1.165) is 16.6 Å². The lowest BCUT2D eigenvalue weighted by Crippen LogP contribution is -2.12. The number of benzene rings is 2. The summed E-state index contributed by atoms with van der Waals surface area (Å²) in [6, 6.07) is 12.9. The fourth-order valence-corrected chi connectivity index (χ4v) is 2.56. The minimum atomic E-state index is -0.177. The largest absolute Gasteiger partial charge is 0.322 e. The van der Waals surface area contributed by atoms with Crippen LogP contribution >= 0.6 is 0 Å². The van der Waals surface area contributed by atoms with Gasteiger partial charge in [-0.05, 0) is 35.9 Å². The first-order chi connectivity index (χ1) is 12.3. The first-order valence-electron chi connectivity index (χ1n) is 7.73. The minimum Gasteiger partial charge on any atom is -0.322 e. The van der Waals surface area contributed by atoms with Crippen molar-refractivity contribution in [2.24, 2.45) is 0 Å². The number of fused-ring (bicyclic) bond motifs is 1. The lowest BCUT2D eigenvalue weighted by atomic mass is 10.1. The standard InChI is InChI=1S/C18H14N6O/c25-18(22-15-4-5-16-17(11-15)20-7-6-19-16)14-3-1-2-13(10-14)12-24-9-8-21-23-24/h1-11H,12H2,(H,22,25). The van der Waals surface area contributed by atoms with E-state index in [1.54, 1.807) is 41.6 Å². The smallest absolute Gasteiger partial charge is 0.255 e. The van der Waals surface area contributed by atoms with Crippen LogP contribution < -0.4 is 5.32 Å². The van der Waals surface area contributed by atoms with Crippen molar-refractivity contribution in [1.82, 2.24) is 25.0 Å². The maximum Gasteiger partial charge on any atom is 0.255 e. The van der Waals surface area contributed by atoms with Crippen LogP contribution in [0.25, 0.3) is 11.0 Å². The molecule has 1 amide bonds. The van der Waals surface area contributed by atoms with E-state index in [4.69, 9.17) is 0 Å². The topological polar surface area (TPSA) is 85.6 Å². The highest BCUT2D eigenvalue weighted by Crippen LogP contribution is 2.16. The molecule has 0 saturated carbocycles. The number of nitrogens with zero attached hydrogens (tertiary/aromatic N) is 5. The molecule has 0 atom stereocenters. The third-order valence-electron chi connectivity index (χ3n) is 3.73. The van der Waals surface area contributed by atoms with Crippen molar-refractivity contribution in [1.29, 1.82) is 0 Å². The van der Waals surface area contributed by atoms with E-state index in [0.29, 0.717) is 17.8 Å². The molecule has 0 aliphatic carbocycles. The third-order valence-corrected chi connectivity index (χ3v) is 3.73. The lowest BCUT2D eigenvalue weighted by Gasteiger charge is -2.08. The second kappa shape index (κ2) is 6.48. The number of rotatable bonds is 4. The summed E-state index contributed by atoms with van der Waals surface area (Å²) < 4.78 is 1.71. The van der Waals surface area contributed by atoms with Gasteiger partial charge < -0.3 is 5.32 Å². The van der Waals surface area contributed by atoms with Gasteiger partial charge in [0.1, 0.15) is 0 Å². The summed E-state index contributed by atoms with van der Waals surface area (Å²) >= 11 is 0. The second-order valence-corrected chi connectivity index (χ2v) is 5.51. The first-order valence-corrected chi connectivity index (χ1v) is 7.73. The molecule has 25 heavy (non-hydrogen) atoms. The Morgan fingerprint density at radius 1 is 1.00 bits per heavy atom. The van der Waals surface area contributed by atoms with E-state index >= 15 is 0 Å². The molecular weight excluding hydrogens is 316 g/mol. The molecule has 0 unspecified atom stereocenters. The van der Waals surface area contributed by atoms with Gasteiger partial charge in [-0.3, -0.25) is 14.8 Å². The molecule has 0 aliphatic heterocycles. The van der Waals surface area contributed by atoms with Gasteiger partial charge in [-0.1, -0.05) is 17.3 Å². The Kier molecular flexibility index (Phi) is 3.88. The molecule has 7 heteroatoms. The number of hydrogen-bond donors (Lipinski definition) is 1. The number of aromatic nitrogens is 5. The van der Waals surface area contributed by atoms with Gasteiger partial charge >= 0.3 is 0 Å². The Bertz CT molecular complexity index is 1030. The molecule has 0 bridgehead atoms. The van der Waals surface area contributed by atoms with Crippen molar-refractivity contribution >= 4 is 22.6 Å². The Morgan fingerprint density at radius 2 is 1.88 bits per heavy atom. The normalized spacial score (nSPS) is 10.7. The van der Waals surface area contributed by atoms with E-state index in [2.05, 4.69) is 25.6 Å². The molecule has 0 radical (unpaired) electrons. The lowest BCUT2D eigenvalue weighted by molar-refractivity contribution is 0.102. The van der Waals surface area contributed by atoms with Gasteiger partial charge in [0.2, 0.25) is 0 Å². The van der Waals surface area contributed by atoms with E-state index in [9.17, 15) is 4.79 Å². The highest BCUT2D eigenvalue weighted by Gasteiger charge is 2.08. The number of carbonyl (C=O) groups excluding carboxylic acids is 1. The molecule has 7 nitrogen and oxygen atoms in total. The summed E-state index contributed by atoms with van der Waals surface area (Å²) in [6.45, 7) is 0.562. The SMILES string of the molecule is O=C(Nc1ccc2nccnc2c1)c1cccc(Cn2ccnn2)c1. The fraction of sp³-hybridized carbons (Fsp3) is 0.0556. The van der Waals surface area contributed by atoms with Gasteiger partial charge in [-0.2, -0.15) is 0 Å². The van der Waals surface area contributed by atoms with Crippen LogP contribution in [0.3, 0.4) is 0 Å². The van der Waals surface area contributed by atoms with Gasteiger partial charge in [0, 0.05) is 29.8 Å². The predicted molar refractivity (Wildman–Crippen MR) is 93.1 cm³/mol. The molecule has 4 aromatic rings. The van der Waals surface area contributed by atoms with Crippen LogP contribution in [0.4, 0.5) is 5.69 Å². The molecule has 2 heterocycles. The van der Waals surface area contributed by atoms with Crippen LogP contribution in [0.2, 0.25) is 0 Å². The van der Waals surface area contributed by atoms with Crippen molar-refractivity contribution < 1.29 is 4.79 Å². The number of anilines is 1. The van der Waals surface area contributed by atoms with Crippen molar-refractivity contribution in [3.8, 4) is 0 Å². The summed E-state index contributed by atoms with van der Waals surface area (Å²) in [6.07, 6.45) is 6.67. The fourth-order valence-electron chi connectivity index (χ4n) is 2.56. The highest BCUT2D eigenvalue weighted by molar-refractivity contribution is 6.05. The van der Waals surface area contributed by atoms with E-state index in [1.165, 1.54) is 0 Å². The molecule has 1 N–H and O–H groups in total. The molecule has 2 aromatic heterocycles. The van der Waals surface area contributed by atoms with E-state index < -0.39 is 0 Å². The third kappa shape index (κ3) is 3.35. The van der Waals surface area contributed by atoms with Gasteiger partial charge in [0.15, 0.2) is 0 Å². The van der Waals surface area contributed by atoms with Crippen LogP contribution in [-0.2, 0) is 6.54 Å². The summed E-state index contributed by atoms with van der Waals surface area (Å²) in [5.41, 5.74) is 3.76. The quantitative estimate of drug-likeness (QED) is 0.621. The van der Waals surface area contributed by atoms with Crippen LogP contribution in [0.5, 0.6) is 0 Å². The molecule has 2 aromatic carbocycles. The molecule has 0 saturated heterocycles. The van der Waals surface area contributed by atoms with Crippen molar-refractivity contribution in [3.63, 3.8) is 0 Å². The van der Waals surface area contributed by atoms with Gasteiger partial charge in [0.05, 0.1) is 23.8 Å². The first kappa shape index (κ1) is 14.9. The molecule has 0 spiro atoms. The Balaban J connectivity index is 1.53. The maximum absolute atomic E-state index is 12.5. The van der Waals surface area contributed by atoms with Crippen LogP contribution in [-0.4, -0.2) is 30.9 Å². The summed E-state index contributed by atoms with van der Waals surface area (Å²) in [5.74, 6) is -0.177. The number of nitrogens with one attached hydrogen (secondary N) is 1. The van der Waals surface area contributed by atoms with Gasteiger partial charge in [-0.15, -0.1) is 5.10 Å². The van der Waals surface area contributed by atoms with E-state index in [1.807, 2.05) is 30.3 Å². The molecule has 0 fully saturated rings. The average molecular weight is 330 g/mol. The van der Waals surface area contributed by atoms with Crippen LogP contribution in [0.15, 0.2) is 67.3 Å². The van der Waals surface area contributed by atoms with Crippen LogP contribution in [0.1, 0.15) is 15.9 Å². The zero-order chi connectivity index (χ0) is 17.1. The average Bonchev–Trinajstić information content (AvgIpc) is 3.15. The Morgan fingerprint density at radius 3 is 2.72 bits per heavy atom. The van der Waals surface area contributed by atoms with Crippen LogP contribution in [0, 0.1) is 0 Å². The van der Waals surface area contributed by atoms with Gasteiger partial charge in [0.25, 0.3) is 5.91 Å². The maximum atomic E-state index is 12.5. The number of carbonyl (C=O) groups is 1. The zero-order valence-corrected chi connectivity index (χ0v) is 13.2. The summed E-state index contributed by atoms with van der Waals surface area (Å²) in [4.78, 5) is 21.0. The minimum absolute atomic E-state index is 0.177. The van der Waals surface area contributed by atoms with Crippen molar-refractivity contribution in [3.05, 3.63) is 78.4 Å². The van der Waals surface area contributed by atoms with Crippen molar-refractivity contribution in [2.45, 2.75) is 6.54 Å². The summed E-state index contributed by atoms with van der Waals surface area (Å²) in [5, 5.41) is 10.6. The Labute approximate surface area is 143 Å². The molecule has 122 valence electrons. The molecular formula is C18H14N6O. The summed E-state index contributed by atoms with van der Waals surface area (Å²) in [7, 11) is 0. The Hall–Kier alpha value is -3.61. The van der Waals surface area contributed by atoms with E-state index in [-0.39, 0.29) is 5.91 Å². The molecule has 4 rings (SSSR count). The zero-order valence-electron chi connectivity index (χ0n) is 13.2. The number of amides is 1.